The third-order valence-electron chi connectivity index (χ3n) is 5.33. The Hall–Kier alpha value is -2.18. The van der Waals surface area contributed by atoms with Gasteiger partial charge in [-0.3, -0.25) is 4.79 Å². The van der Waals surface area contributed by atoms with Crippen LogP contribution in [0.4, 0.5) is 5.69 Å². The molecule has 5 nitrogen and oxygen atoms in total. The normalized spacial score (nSPS) is 16.3. The van der Waals surface area contributed by atoms with E-state index in [1.807, 2.05) is 12.1 Å². The number of nitrogens with one attached hydrogen (secondary N) is 1. The molecule has 6 heteroatoms. The quantitative estimate of drug-likeness (QED) is 0.804. The van der Waals surface area contributed by atoms with Gasteiger partial charge < -0.3 is 5.32 Å². The number of hydrogen-bond donors (Lipinski definition) is 1. The molecule has 2 aromatic carbocycles. The fourth-order valence-corrected chi connectivity index (χ4v) is 4.78. The molecule has 0 spiro atoms. The molecular formula is C22H28N2O3S. The summed E-state index contributed by atoms with van der Waals surface area (Å²) in [4.78, 5) is 12.7. The maximum atomic E-state index is 12.8. The van der Waals surface area contributed by atoms with E-state index in [1.165, 1.54) is 5.56 Å². The van der Waals surface area contributed by atoms with Crippen LogP contribution in [0.25, 0.3) is 0 Å². The molecule has 1 saturated heterocycles. The van der Waals surface area contributed by atoms with Crippen molar-refractivity contribution < 1.29 is 13.2 Å². The van der Waals surface area contributed by atoms with Gasteiger partial charge in [0, 0.05) is 24.3 Å². The molecule has 0 bridgehead atoms. The molecule has 0 aliphatic carbocycles. The van der Waals surface area contributed by atoms with E-state index in [2.05, 4.69) is 26.1 Å². The van der Waals surface area contributed by atoms with Gasteiger partial charge in [0.05, 0.1) is 4.90 Å². The predicted octanol–water partition coefficient (Wildman–Crippen LogP) is 4.48. The van der Waals surface area contributed by atoms with Crippen molar-refractivity contribution in [1.29, 1.82) is 0 Å². The highest BCUT2D eigenvalue weighted by atomic mass is 32.2. The number of amides is 1. The van der Waals surface area contributed by atoms with Crippen molar-refractivity contribution >= 4 is 21.6 Å². The van der Waals surface area contributed by atoms with Crippen molar-refractivity contribution in [3.05, 3.63) is 59.7 Å². The highest BCUT2D eigenvalue weighted by Gasteiger charge is 2.27. The number of rotatable bonds is 5. The van der Waals surface area contributed by atoms with Crippen LogP contribution in [0.1, 0.15) is 55.5 Å². The smallest absolute Gasteiger partial charge is 0.255 e. The van der Waals surface area contributed by atoms with Gasteiger partial charge in [-0.2, -0.15) is 4.31 Å². The van der Waals surface area contributed by atoms with Gasteiger partial charge >= 0.3 is 0 Å². The second-order valence-electron chi connectivity index (χ2n) is 7.84. The minimum absolute atomic E-state index is 0.212. The van der Waals surface area contributed by atoms with Crippen molar-refractivity contribution in [1.82, 2.24) is 4.31 Å². The van der Waals surface area contributed by atoms with E-state index in [4.69, 9.17) is 0 Å². The van der Waals surface area contributed by atoms with Gasteiger partial charge in [-0.25, -0.2) is 8.42 Å². The van der Waals surface area contributed by atoms with Crippen LogP contribution in [-0.4, -0.2) is 31.7 Å². The Morgan fingerprint density at radius 2 is 1.57 bits per heavy atom. The molecule has 1 N–H and O–H groups in total. The lowest BCUT2D eigenvalue weighted by molar-refractivity contribution is 0.102. The average molecular weight is 401 g/mol. The third kappa shape index (κ3) is 4.62. The van der Waals surface area contributed by atoms with E-state index in [1.54, 1.807) is 40.7 Å². The predicted molar refractivity (Wildman–Crippen MR) is 112 cm³/mol. The first kappa shape index (κ1) is 20.6. The third-order valence-corrected chi connectivity index (χ3v) is 7.24. The molecule has 0 saturated carbocycles. The fraction of sp³-hybridized carbons (Fsp3) is 0.409. The Balaban J connectivity index is 1.67. The fourth-order valence-electron chi connectivity index (χ4n) is 3.31. The first-order valence-corrected chi connectivity index (χ1v) is 11.2. The van der Waals surface area contributed by atoms with E-state index in [0.717, 1.165) is 12.8 Å². The number of anilines is 1. The molecule has 0 radical (unpaired) electrons. The molecule has 3 rings (SSSR count). The van der Waals surface area contributed by atoms with Gasteiger partial charge in [-0.05, 0) is 66.6 Å². The SMILES string of the molecule is CC1CCN(S(=O)(=O)c2ccc(NC(=O)c3ccc(C(C)C)cc3)cc2)CC1. The van der Waals surface area contributed by atoms with Gasteiger partial charge in [-0.15, -0.1) is 0 Å². The molecule has 2 aromatic rings. The number of hydrogen-bond acceptors (Lipinski definition) is 3. The largest absolute Gasteiger partial charge is 0.322 e. The molecule has 1 heterocycles. The number of sulfonamides is 1. The standard InChI is InChI=1S/C22H28N2O3S/c1-16(2)18-4-6-19(7-5-18)22(25)23-20-8-10-21(11-9-20)28(26,27)24-14-12-17(3)13-15-24/h4-11,16-17H,12-15H2,1-3H3,(H,23,25). The first-order valence-electron chi connectivity index (χ1n) is 9.79. The van der Waals surface area contributed by atoms with Crippen molar-refractivity contribution in [3.8, 4) is 0 Å². The Labute approximate surface area is 167 Å². The Kier molecular flexibility index (Phi) is 6.20. The summed E-state index contributed by atoms with van der Waals surface area (Å²) < 4.78 is 27.1. The highest BCUT2D eigenvalue weighted by Crippen LogP contribution is 2.24. The lowest BCUT2D eigenvalue weighted by Crippen LogP contribution is -2.37. The lowest BCUT2D eigenvalue weighted by atomic mass is 10.0. The summed E-state index contributed by atoms with van der Waals surface area (Å²) in [5, 5.41) is 2.82. The monoisotopic (exact) mass is 400 g/mol. The zero-order valence-electron chi connectivity index (χ0n) is 16.7. The summed E-state index contributed by atoms with van der Waals surface area (Å²) in [7, 11) is -3.48. The number of carbonyl (C=O) groups is 1. The second-order valence-corrected chi connectivity index (χ2v) is 9.78. The number of piperidine rings is 1. The zero-order valence-corrected chi connectivity index (χ0v) is 17.5. The van der Waals surface area contributed by atoms with E-state index >= 15 is 0 Å². The molecule has 1 fully saturated rings. The number of carbonyl (C=O) groups excluding carboxylic acids is 1. The second kappa shape index (κ2) is 8.45. The van der Waals surface area contributed by atoms with Crippen LogP contribution < -0.4 is 5.32 Å². The molecular weight excluding hydrogens is 372 g/mol. The molecule has 0 atom stereocenters. The van der Waals surface area contributed by atoms with Crippen LogP contribution in [0.15, 0.2) is 53.4 Å². The van der Waals surface area contributed by atoms with E-state index in [9.17, 15) is 13.2 Å². The zero-order chi connectivity index (χ0) is 20.3. The molecule has 0 unspecified atom stereocenters. The minimum atomic E-state index is -3.48. The summed E-state index contributed by atoms with van der Waals surface area (Å²) in [6.45, 7) is 7.49. The van der Waals surface area contributed by atoms with Crippen LogP contribution in [0.3, 0.4) is 0 Å². The number of nitrogens with zero attached hydrogens (tertiary/aromatic N) is 1. The molecule has 28 heavy (non-hydrogen) atoms. The maximum Gasteiger partial charge on any atom is 0.255 e. The Morgan fingerprint density at radius 3 is 2.11 bits per heavy atom. The first-order chi connectivity index (χ1) is 13.3. The molecule has 1 aliphatic rings. The van der Waals surface area contributed by atoms with Crippen molar-refractivity contribution in [3.63, 3.8) is 0 Å². The molecule has 0 aromatic heterocycles. The highest BCUT2D eigenvalue weighted by molar-refractivity contribution is 7.89. The number of benzene rings is 2. The maximum absolute atomic E-state index is 12.8. The minimum Gasteiger partial charge on any atom is -0.322 e. The summed E-state index contributed by atoms with van der Waals surface area (Å²) in [6, 6.07) is 13.9. The van der Waals surface area contributed by atoms with Gasteiger partial charge in [-0.1, -0.05) is 32.9 Å². The molecule has 150 valence electrons. The van der Waals surface area contributed by atoms with Gasteiger partial charge in [0.25, 0.3) is 5.91 Å². The van der Waals surface area contributed by atoms with Crippen LogP contribution in [0.2, 0.25) is 0 Å². The van der Waals surface area contributed by atoms with E-state index in [0.29, 0.717) is 36.2 Å². The van der Waals surface area contributed by atoms with Gasteiger partial charge in [0.1, 0.15) is 0 Å². The Bertz CT molecular complexity index is 911. The lowest BCUT2D eigenvalue weighted by Gasteiger charge is -2.29. The van der Waals surface area contributed by atoms with Gasteiger partial charge in [0.2, 0.25) is 10.0 Å². The van der Waals surface area contributed by atoms with Crippen molar-refractivity contribution in [2.45, 2.75) is 44.4 Å². The summed E-state index contributed by atoms with van der Waals surface area (Å²) in [6.07, 6.45) is 1.78. The Morgan fingerprint density at radius 1 is 1.00 bits per heavy atom. The summed E-state index contributed by atoms with van der Waals surface area (Å²) in [5.41, 5.74) is 2.32. The topological polar surface area (TPSA) is 66.5 Å². The summed E-state index contributed by atoms with van der Waals surface area (Å²) >= 11 is 0. The van der Waals surface area contributed by atoms with Crippen LogP contribution in [0, 0.1) is 5.92 Å². The van der Waals surface area contributed by atoms with E-state index < -0.39 is 10.0 Å². The molecule has 1 aliphatic heterocycles. The van der Waals surface area contributed by atoms with Crippen LogP contribution in [-0.2, 0) is 10.0 Å². The average Bonchev–Trinajstić information content (AvgIpc) is 2.69. The van der Waals surface area contributed by atoms with Gasteiger partial charge in [0.15, 0.2) is 0 Å². The van der Waals surface area contributed by atoms with Crippen molar-refractivity contribution in [2.75, 3.05) is 18.4 Å². The van der Waals surface area contributed by atoms with Crippen LogP contribution >= 0.6 is 0 Å². The van der Waals surface area contributed by atoms with E-state index in [-0.39, 0.29) is 10.8 Å². The van der Waals surface area contributed by atoms with Crippen LogP contribution in [0.5, 0.6) is 0 Å². The van der Waals surface area contributed by atoms with Crippen molar-refractivity contribution in [2.24, 2.45) is 5.92 Å². The molecule has 1 amide bonds. The summed E-state index contributed by atoms with van der Waals surface area (Å²) in [5.74, 6) is 0.768.